The highest BCUT2D eigenvalue weighted by atomic mass is 14.2. The molecule has 0 heteroatoms. The van der Waals surface area contributed by atoms with Gasteiger partial charge in [0.05, 0.1) is 0 Å². The van der Waals surface area contributed by atoms with Crippen LogP contribution in [0.3, 0.4) is 0 Å². The van der Waals surface area contributed by atoms with Crippen molar-refractivity contribution in [1.29, 1.82) is 0 Å². The zero-order chi connectivity index (χ0) is 27.4. The molecule has 0 fully saturated rings. The van der Waals surface area contributed by atoms with E-state index in [1.54, 1.807) is 0 Å². The third kappa shape index (κ3) is 17.0. The standard InChI is InChI=1S/C13H20.C12H18.C11H24/c1-5-6-11-7-9-12(10-8-11)13(2,3)4;1-9(2)11-6-5-7-12(8-11)10(3)4;1-3-5-7-9-11-10-8-6-4-2/h7-10H,5-6H2,1-4H3;5-10H,1-4H3;3-11H2,1-2H3. The minimum atomic E-state index is 0.282. The van der Waals surface area contributed by atoms with Gasteiger partial charge in [-0.2, -0.15) is 0 Å². The van der Waals surface area contributed by atoms with Gasteiger partial charge >= 0.3 is 0 Å². The summed E-state index contributed by atoms with van der Waals surface area (Å²) in [5.41, 5.74) is 6.05. The average Bonchev–Trinajstić information content (AvgIpc) is 2.84. The molecule has 0 aliphatic rings. The van der Waals surface area contributed by atoms with E-state index in [2.05, 4.69) is 118 Å². The van der Waals surface area contributed by atoms with Gasteiger partial charge in [-0.05, 0) is 45.9 Å². The molecule has 2 aromatic carbocycles. The van der Waals surface area contributed by atoms with Gasteiger partial charge in [0.1, 0.15) is 0 Å². The van der Waals surface area contributed by atoms with Crippen LogP contribution in [0.5, 0.6) is 0 Å². The molecule has 2 aromatic rings. The fraction of sp³-hybridized carbons (Fsp3) is 0.667. The Labute approximate surface area is 227 Å². The van der Waals surface area contributed by atoms with Crippen LogP contribution >= 0.6 is 0 Å². The molecule has 0 atom stereocenters. The van der Waals surface area contributed by atoms with Crippen LogP contribution in [0.1, 0.15) is 168 Å². The van der Waals surface area contributed by atoms with Crippen LogP contribution < -0.4 is 0 Å². The average molecular weight is 495 g/mol. The molecule has 0 saturated heterocycles. The van der Waals surface area contributed by atoms with Crippen molar-refractivity contribution in [1.82, 2.24) is 0 Å². The van der Waals surface area contributed by atoms with Crippen LogP contribution in [0.2, 0.25) is 0 Å². The minimum Gasteiger partial charge on any atom is -0.0654 e. The Morgan fingerprint density at radius 3 is 1.31 bits per heavy atom. The second kappa shape index (κ2) is 20.5. The lowest BCUT2D eigenvalue weighted by Gasteiger charge is -2.19. The van der Waals surface area contributed by atoms with Crippen molar-refractivity contribution in [2.24, 2.45) is 0 Å². The number of hydrogen-bond acceptors (Lipinski definition) is 0. The van der Waals surface area contributed by atoms with Gasteiger partial charge in [0.2, 0.25) is 0 Å². The summed E-state index contributed by atoms with van der Waals surface area (Å²) in [5, 5.41) is 0. The van der Waals surface area contributed by atoms with Crippen molar-refractivity contribution < 1.29 is 0 Å². The number of rotatable bonds is 12. The maximum atomic E-state index is 2.31. The zero-order valence-electron chi connectivity index (χ0n) is 26.1. The van der Waals surface area contributed by atoms with Gasteiger partial charge in [-0.1, -0.05) is 182 Å². The van der Waals surface area contributed by atoms with Crippen molar-refractivity contribution in [3.8, 4) is 0 Å². The molecule has 2 rings (SSSR count). The lowest BCUT2D eigenvalue weighted by atomic mass is 9.86. The molecule has 0 unspecified atom stereocenters. The Balaban J connectivity index is 0.000000513. The summed E-state index contributed by atoms with van der Waals surface area (Å²) in [7, 11) is 0. The Kier molecular flexibility index (Phi) is 19.6. The Morgan fingerprint density at radius 1 is 0.556 bits per heavy atom. The number of unbranched alkanes of at least 4 members (excludes halogenated alkanes) is 8. The molecular weight excluding hydrogens is 432 g/mol. The van der Waals surface area contributed by atoms with E-state index in [4.69, 9.17) is 0 Å². The first-order valence-corrected chi connectivity index (χ1v) is 15.3. The van der Waals surface area contributed by atoms with E-state index in [0.29, 0.717) is 11.8 Å². The topological polar surface area (TPSA) is 0 Å². The van der Waals surface area contributed by atoms with Crippen LogP contribution in [0.4, 0.5) is 0 Å². The fourth-order valence-corrected chi connectivity index (χ4v) is 4.12. The van der Waals surface area contributed by atoms with Gasteiger partial charge in [0.25, 0.3) is 0 Å². The summed E-state index contributed by atoms with van der Waals surface area (Å²) in [5.74, 6) is 1.28. The first-order valence-electron chi connectivity index (χ1n) is 15.3. The van der Waals surface area contributed by atoms with Gasteiger partial charge in [-0.15, -0.1) is 0 Å². The first kappa shape index (κ1) is 34.4. The highest BCUT2D eigenvalue weighted by molar-refractivity contribution is 5.28. The summed E-state index contributed by atoms with van der Waals surface area (Å²) in [6.07, 6.45) is 15.4. The monoisotopic (exact) mass is 494 g/mol. The largest absolute Gasteiger partial charge is 0.0654 e. The molecule has 0 aliphatic carbocycles. The van der Waals surface area contributed by atoms with Gasteiger partial charge in [-0.3, -0.25) is 0 Å². The van der Waals surface area contributed by atoms with Crippen molar-refractivity contribution in [3.05, 3.63) is 70.8 Å². The molecule has 0 heterocycles. The summed E-state index contributed by atoms with van der Waals surface area (Å²) in [6.45, 7) is 22.5. The lowest BCUT2D eigenvalue weighted by molar-refractivity contribution is 0.572. The van der Waals surface area contributed by atoms with Crippen molar-refractivity contribution in [2.45, 2.75) is 157 Å². The molecular formula is C36H62. The predicted molar refractivity (Wildman–Crippen MR) is 167 cm³/mol. The van der Waals surface area contributed by atoms with Crippen molar-refractivity contribution in [3.63, 3.8) is 0 Å². The SMILES string of the molecule is CC(C)c1cccc(C(C)C)c1.CCCCCCCCCCC.CCCc1ccc(C(C)(C)C)cc1. The summed E-state index contributed by atoms with van der Waals surface area (Å²) in [6, 6.07) is 17.9. The van der Waals surface area contributed by atoms with Crippen LogP contribution in [0, 0.1) is 0 Å². The van der Waals surface area contributed by atoms with Crippen molar-refractivity contribution in [2.75, 3.05) is 0 Å². The normalized spacial score (nSPS) is 11.1. The van der Waals surface area contributed by atoms with Gasteiger partial charge in [-0.25, -0.2) is 0 Å². The minimum absolute atomic E-state index is 0.282. The van der Waals surface area contributed by atoms with Crippen LogP contribution in [0.25, 0.3) is 0 Å². The van der Waals surface area contributed by atoms with Gasteiger partial charge in [0, 0.05) is 0 Å². The van der Waals surface area contributed by atoms with E-state index in [9.17, 15) is 0 Å². The molecule has 0 radical (unpaired) electrons. The molecule has 0 amide bonds. The summed E-state index contributed by atoms with van der Waals surface area (Å²) < 4.78 is 0. The van der Waals surface area contributed by atoms with Crippen LogP contribution in [-0.2, 0) is 11.8 Å². The van der Waals surface area contributed by atoms with E-state index in [1.165, 1.54) is 92.9 Å². The maximum Gasteiger partial charge on any atom is -0.0132 e. The van der Waals surface area contributed by atoms with Crippen LogP contribution in [-0.4, -0.2) is 0 Å². The molecule has 206 valence electrons. The van der Waals surface area contributed by atoms with Gasteiger partial charge in [0.15, 0.2) is 0 Å². The highest BCUT2D eigenvalue weighted by Crippen LogP contribution is 2.22. The third-order valence-electron chi connectivity index (χ3n) is 6.81. The quantitative estimate of drug-likeness (QED) is 0.257. The van der Waals surface area contributed by atoms with E-state index in [1.807, 2.05) is 0 Å². The van der Waals surface area contributed by atoms with Gasteiger partial charge < -0.3 is 0 Å². The molecule has 0 aromatic heterocycles. The zero-order valence-corrected chi connectivity index (χ0v) is 26.1. The smallest absolute Gasteiger partial charge is 0.0132 e. The fourth-order valence-electron chi connectivity index (χ4n) is 4.12. The van der Waals surface area contributed by atoms with E-state index in [0.717, 1.165) is 0 Å². The Morgan fingerprint density at radius 2 is 0.972 bits per heavy atom. The molecule has 0 nitrogen and oxygen atoms in total. The van der Waals surface area contributed by atoms with E-state index in [-0.39, 0.29) is 5.41 Å². The maximum absolute atomic E-state index is 2.31. The molecule has 0 aliphatic heterocycles. The number of benzene rings is 2. The van der Waals surface area contributed by atoms with E-state index >= 15 is 0 Å². The molecule has 0 N–H and O–H groups in total. The molecule has 0 saturated carbocycles. The second-order valence-corrected chi connectivity index (χ2v) is 12.2. The Bertz CT molecular complexity index is 711. The van der Waals surface area contributed by atoms with Crippen LogP contribution in [0.15, 0.2) is 48.5 Å². The number of aryl methyl sites for hydroxylation is 1. The number of hydrogen-bond donors (Lipinski definition) is 0. The third-order valence-corrected chi connectivity index (χ3v) is 6.81. The first-order chi connectivity index (χ1) is 17.1. The highest BCUT2D eigenvalue weighted by Gasteiger charge is 2.12. The summed E-state index contributed by atoms with van der Waals surface area (Å²) >= 11 is 0. The summed E-state index contributed by atoms with van der Waals surface area (Å²) in [4.78, 5) is 0. The molecule has 36 heavy (non-hydrogen) atoms. The predicted octanol–water partition coefficient (Wildman–Crippen LogP) is 12.4. The molecule has 0 bridgehead atoms. The molecule has 0 spiro atoms. The van der Waals surface area contributed by atoms with Crippen molar-refractivity contribution >= 4 is 0 Å². The Hall–Kier alpha value is -1.56. The second-order valence-electron chi connectivity index (χ2n) is 12.2. The lowest BCUT2D eigenvalue weighted by Crippen LogP contribution is -2.10. The van der Waals surface area contributed by atoms with E-state index < -0.39 is 0 Å².